The summed E-state index contributed by atoms with van der Waals surface area (Å²) in [5.41, 5.74) is 5.04. The quantitative estimate of drug-likeness (QED) is 0.387. The highest BCUT2D eigenvalue weighted by molar-refractivity contribution is 5.24. The Bertz CT molecular complexity index is 821. The number of aryl methyl sites for hydroxylation is 5. The first-order valence-corrected chi connectivity index (χ1v) is 8.78. The highest BCUT2D eigenvalue weighted by Crippen LogP contribution is 2.12. The van der Waals surface area contributed by atoms with Gasteiger partial charge in [-0.3, -0.25) is 0 Å². The SMILES string of the molecule is Cc1cc(F)c(C)c(F)c1.Cc1ccc(C)c(F)c1.Cc1ccc(C)cc1. The molecule has 0 nitrogen and oxygen atoms in total. The van der Waals surface area contributed by atoms with Crippen molar-refractivity contribution in [3.63, 3.8) is 0 Å². The van der Waals surface area contributed by atoms with Crippen molar-refractivity contribution in [2.75, 3.05) is 0 Å². The van der Waals surface area contributed by atoms with Crippen molar-refractivity contribution in [3.8, 4) is 0 Å². The standard InChI is InChI=1S/C8H8F2.C8H9F.C8H10/c1-5-3-7(9)6(2)8(10)4-5;1-6-3-4-7(2)8(9)5-6;1-7-3-5-8(2)6-4-7/h3-4H,1-2H3;3-5H,1-2H3;3-6H,1-2H3. The van der Waals surface area contributed by atoms with Gasteiger partial charge >= 0.3 is 0 Å². The van der Waals surface area contributed by atoms with E-state index in [9.17, 15) is 13.2 Å². The van der Waals surface area contributed by atoms with Gasteiger partial charge in [0.05, 0.1) is 0 Å². The van der Waals surface area contributed by atoms with Gasteiger partial charge in [-0.1, -0.05) is 47.5 Å². The zero-order valence-electron chi connectivity index (χ0n) is 16.8. The van der Waals surface area contributed by atoms with Crippen LogP contribution >= 0.6 is 0 Å². The molecule has 0 bridgehead atoms. The van der Waals surface area contributed by atoms with Crippen LogP contribution in [0.2, 0.25) is 0 Å². The summed E-state index contributed by atoms with van der Waals surface area (Å²) < 4.78 is 37.8. The Hall–Kier alpha value is -2.55. The van der Waals surface area contributed by atoms with Gasteiger partial charge in [-0.15, -0.1) is 0 Å². The average molecular weight is 372 g/mol. The van der Waals surface area contributed by atoms with Gasteiger partial charge in [0.25, 0.3) is 0 Å². The zero-order valence-corrected chi connectivity index (χ0v) is 16.8. The maximum atomic E-state index is 12.6. The van der Waals surface area contributed by atoms with Crippen molar-refractivity contribution in [3.05, 3.63) is 105 Å². The monoisotopic (exact) mass is 372 g/mol. The molecule has 0 spiro atoms. The van der Waals surface area contributed by atoms with Crippen molar-refractivity contribution in [1.82, 2.24) is 0 Å². The number of halogens is 3. The molecule has 0 fully saturated rings. The maximum absolute atomic E-state index is 12.6. The lowest BCUT2D eigenvalue weighted by atomic mass is 10.1. The van der Waals surface area contributed by atoms with E-state index < -0.39 is 11.6 Å². The van der Waals surface area contributed by atoms with Crippen LogP contribution in [0.4, 0.5) is 13.2 Å². The Labute approximate surface area is 160 Å². The van der Waals surface area contributed by atoms with Gasteiger partial charge in [-0.25, -0.2) is 13.2 Å². The van der Waals surface area contributed by atoms with Gasteiger partial charge in [0.15, 0.2) is 0 Å². The average Bonchev–Trinajstić information content (AvgIpc) is 2.60. The lowest BCUT2D eigenvalue weighted by Gasteiger charge is -1.98. The summed E-state index contributed by atoms with van der Waals surface area (Å²) in [5, 5.41) is 0. The van der Waals surface area contributed by atoms with E-state index in [-0.39, 0.29) is 11.4 Å². The lowest BCUT2D eigenvalue weighted by Crippen LogP contribution is -1.88. The molecule has 0 unspecified atom stereocenters. The molecular weight excluding hydrogens is 345 g/mol. The third-order valence-corrected chi connectivity index (χ3v) is 3.97. The molecule has 27 heavy (non-hydrogen) atoms. The molecule has 3 aromatic carbocycles. The van der Waals surface area contributed by atoms with Crippen LogP contribution in [0.3, 0.4) is 0 Å². The third-order valence-electron chi connectivity index (χ3n) is 3.97. The van der Waals surface area contributed by atoms with Crippen molar-refractivity contribution in [2.45, 2.75) is 41.5 Å². The first-order valence-electron chi connectivity index (χ1n) is 8.78. The molecule has 0 heterocycles. The fraction of sp³-hybridized carbons (Fsp3) is 0.250. The highest BCUT2D eigenvalue weighted by Gasteiger charge is 2.02. The molecule has 3 heteroatoms. The smallest absolute Gasteiger partial charge is 0.129 e. The Morgan fingerprint density at radius 3 is 1.19 bits per heavy atom. The summed E-state index contributed by atoms with van der Waals surface area (Å²) in [4.78, 5) is 0. The van der Waals surface area contributed by atoms with Crippen LogP contribution in [0.1, 0.15) is 33.4 Å². The molecule has 0 radical (unpaired) electrons. The minimum atomic E-state index is -0.475. The Kier molecular flexibility index (Phi) is 8.80. The van der Waals surface area contributed by atoms with Gasteiger partial charge in [0, 0.05) is 5.56 Å². The molecule has 0 saturated heterocycles. The van der Waals surface area contributed by atoms with Gasteiger partial charge in [0.1, 0.15) is 17.5 Å². The number of rotatable bonds is 0. The first-order chi connectivity index (χ1) is 12.6. The molecule has 0 aliphatic heterocycles. The fourth-order valence-electron chi connectivity index (χ4n) is 2.11. The molecular formula is C24H27F3. The largest absolute Gasteiger partial charge is 0.207 e. The second-order valence-corrected chi connectivity index (χ2v) is 6.76. The first kappa shape index (κ1) is 22.5. The minimum Gasteiger partial charge on any atom is -0.207 e. The summed E-state index contributed by atoms with van der Waals surface area (Å²) in [6, 6.07) is 16.3. The van der Waals surface area contributed by atoms with E-state index in [4.69, 9.17) is 0 Å². The van der Waals surface area contributed by atoms with Crippen LogP contribution in [0.5, 0.6) is 0 Å². The second-order valence-electron chi connectivity index (χ2n) is 6.76. The van der Waals surface area contributed by atoms with Crippen molar-refractivity contribution >= 4 is 0 Å². The van der Waals surface area contributed by atoms with Crippen LogP contribution in [0.25, 0.3) is 0 Å². The van der Waals surface area contributed by atoms with Gasteiger partial charge in [-0.2, -0.15) is 0 Å². The van der Waals surface area contributed by atoms with E-state index in [0.717, 1.165) is 5.56 Å². The third kappa shape index (κ3) is 8.12. The van der Waals surface area contributed by atoms with Gasteiger partial charge in [0.2, 0.25) is 0 Å². The van der Waals surface area contributed by atoms with E-state index in [1.165, 1.54) is 36.2 Å². The molecule has 0 aliphatic rings. The Morgan fingerprint density at radius 2 is 0.815 bits per heavy atom. The fourth-order valence-corrected chi connectivity index (χ4v) is 2.11. The number of hydrogen-bond donors (Lipinski definition) is 0. The summed E-state index contributed by atoms with van der Waals surface area (Å²) in [6.45, 7) is 10.9. The molecule has 0 aromatic heterocycles. The van der Waals surface area contributed by atoms with Crippen molar-refractivity contribution < 1.29 is 13.2 Å². The topological polar surface area (TPSA) is 0 Å². The van der Waals surface area contributed by atoms with Crippen molar-refractivity contribution in [2.24, 2.45) is 0 Å². The van der Waals surface area contributed by atoms with Crippen LogP contribution in [0, 0.1) is 59.0 Å². The molecule has 3 aromatic rings. The lowest BCUT2D eigenvalue weighted by molar-refractivity contribution is 0.566. The molecule has 144 valence electrons. The van der Waals surface area contributed by atoms with Crippen LogP contribution in [0.15, 0.2) is 54.6 Å². The molecule has 0 saturated carbocycles. The molecule has 0 atom stereocenters. The van der Waals surface area contributed by atoms with E-state index in [2.05, 4.69) is 38.1 Å². The maximum Gasteiger partial charge on any atom is 0.129 e. The van der Waals surface area contributed by atoms with E-state index in [1.54, 1.807) is 19.9 Å². The molecule has 0 N–H and O–H groups in total. The normalized spacial score (nSPS) is 9.67. The summed E-state index contributed by atoms with van der Waals surface area (Å²) in [6.07, 6.45) is 0. The Morgan fingerprint density at radius 1 is 0.444 bits per heavy atom. The summed E-state index contributed by atoms with van der Waals surface area (Å²) in [7, 11) is 0. The van der Waals surface area contributed by atoms with Crippen LogP contribution in [-0.2, 0) is 0 Å². The predicted octanol–water partition coefficient (Wildman–Crippen LogP) is 7.33. The van der Waals surface area contributed by atoms with E-state index >= 15 is 0 Å². The molecule has 0 aliphatic carbocycles. The summed E-state index contributed by atoms with van der Waals surface area (Å²) in [5.74, 6) is -1.06. The van der Waals surface area contributed by atoms with Gasteiger partial charge in [-0.05, 0) is 76.4 Å². The second kappa shape index (κ2) is 10.6. The van der Waals surface area contributed by atoms with E-state index in [0.29, 0.717) is 11.1 Å². The number of benzene rings is 3. The molecule has 0 amide bonds. The number of hydrogen-bond acceptors (Lipinski definition) is 0. The predicted molar refractivity (Wildman–Crippen MR) is 108 cm³/mol. The minimum absolute atomic E-state index is 0.0885. The van der Waals surface area contributed by atoms with Crippen LogP contribution < -0.4 is 0 Å². The van der Waals surface area contributed by atoms with Crippen LogP contribution in [-0.4, -0.2) is 0 Å². The highest BCUT2D eigenvalue weighted by atomic mass is 19.1. The van der Waals surface area contributed by atoms with E-state index in [1.807, 2.05) is 13.0 Å². The summed E-state index contributed by atoms with van der Waals surface area (Å²) >= 11 is 0. The Balaban J connectivity index is 0.000000204. The van der Waals surface area contributed by atoms with Crippen molar-refractivity contribution in [1.29, 1.82) is 0 Å². The molecule has 3 rings (SSSR count). The van der Waals surface area contributed by atoms with Gasteiger partial charge < -0.3 is 0 Å². The zero-order chi connectivity index (χ0) is 20.6.